The third-order valence-electron chi connectivity index (χ3n) is 4.22. The lowest BCUT2D eigenvalue weighted by atomic mass is 10.2. The number of amides is 2. The maximum Gasteiger partial charge on any atom is 0.251 e. The van der Waals surface area contributed by atoms with Crippen molar-refractivity contribution in [2.24, 2.45) is 0 Å². The lowest BCUT2D eigenvalue weighted by molar-refractivity contribution is -0.121. The predicted molar refractivity (Wildman–Crippen MR) is 137 cm³/mol. The molecule has 0 aromatic carbocycles. The summed E-state index contributed by atoms with van der Waals surface area (Å²) in [6.45, 7) is 3.59. The molecule has 2 heterocycles. The first-order valence-corrected chi connectivity index (χ1v) is 13.6. The first-order chi connectivity index (χ1) is 16.2. The number of carbonyl (C=O) groups excluding carboxylic acids is 2. The third kappa shape index (κ3) is 9.52. The van der Waals surface area contributed by atoms with E-state index in [1.165, 1.54) is 17.4 Å². The molecule has 0 saturated heterocycles. The minimum Gasteiger partial charge on any atom is -0.365 e. The summed E-state index contributed by atoms with van der Waals surface area (Å²) in [5, 5.41) is 10.4. The van der Waals surface area contributed by atoms with Gasteiger partial charge in [-0.05, 0) is 38.3 Å². The molecule has 1 fully saturated rings. The molecule has 1 saturated carbocycles. The Morgan fingerprint density at radius 3 is 2.56 bits per heavy atom. The Hall–Kier alpha value is -2.92. The molecule has 0 aliphatic heterocycles. The Labute approximate surface area is 205 Å². The SMILES string of the molecule is C/C=C\C(=C/CC)C(=O)NCC(=O)Nc1nc(-c2ccc(F)c(NC3CC3)n2)cs1.CS(C)=O. The second kappa shape index (κ2) is 13.7. The topological polar surface area (TPSA) is 113 Å². The molecule has 0 spiro atoms. The van der Waals surface area contributed by atoms with Gasteiger partial charge in [0.25, 0.3) is 5.91 Å². The van der Waals surface area contributed by atoms with Gasteiger partial charge in [0.2, 0.25) is 5.91 Å². The summed E-state index contributed by atoms with van der Waals surface area (Å²) in [6.07, 6.45) is 11.3. The van der Waals surface area contributed by atoms with Gasteiger partial charge >= 0.3 is 0 Å². The number of halogens is 1. The second-order valence-corrected chi connectivity index (χ2v) is 9.86. The fraction of sp³-hybridized carbons (Fsp3) is 0.391. The number of hydrogen-bond acceptors (Lipinski definition) is 7. The number of pyridine rings is 1. The second-order valence-electron chi connectivity index (χ2n) is 7.52. The molecule has 2 amide bonds. The molecule has 0 unspecified atom stereocenters. The average Bonchev–Trinajstić information content (AvgIpc) is 3.48. The summed E-state index contributed by atoms with van der Waals surface area (Å²) in [4.78, 5) is 32.9. The van der Waals surface area contributed by atoms with Crippen LogP contribution in [0.5, 0.6) is 0 Å². The van der Waals surface area contributed by atoms with Gasteiger partial charge in [-0.15, -0.1) is 11.3 Å². The minimum atomic E-state index is -0.611. The van der Waals surface area contributed by atoms with E-state index >= 15 is 0 Å². The molecule has 0 atom stereocenters. The van der Waals surface area contributed by atoms with Crippen molar-refractivity contribution in [3.8, 4) is 11.4 Å². The fourth-order valence-electron chi connectivity index (χ4n) is 2.62. The van der Waals surface area contributed by atoms with E-state index in [2.05, 4.69) is 25.9 Å². The summed E-state index contributed by atoms with van der Waals surface area (Å²) in [5.74, 6) is -0.882. The molecule has 1 aliphatic carbocycles. The van der Waals surface area contributed by atoms with Crippen molar-refractivity contribution >= 4 is 44.9 Å². The van der Waals surface area contributed by atoms with E-state index in [4.69, 9.17) is 0 Å². The lowest BCUT2D eigenvalue weighted by Gasteiger charge is -2.06. The van der Waals surface area contributed by atoms with Crippen LogP contribution in [0.25, 0.3) is 11.4 Å². The Morgan fingerprint density at radius 1 is 1.24 bits per heavy atom. The molecule has 2 aromatic rings. The van der Waals surface area contributed by atoms with E-state index in [9.17, 15) is 18.2 Å². The van der Waals surface area contributed by atoms with Crippen LogP contribution < -0.4 is 16.0 Å². The molecule has 2 aromatic heterocycles. The zero-order valence-electron chi connectivity index (χ0n) is 19.7. The van der Waals surface area contributed by atoms with Gasteiger partial charge in [-0.1, -0.05) is 25.2 Å². The number of thiazole rings is 1. The zero-order valence-corrected chi connectivity index (χ0v) is 21.3. The molecule has 11 heteroatoms. The van der Waals surface area contributed by atoms with Gasteiger partial charge in [0.15, 0.2) is 16.8 Å². The first-order valence-electron chi connectivity index (χ1n) is 10.8. The normalized spacial score (nSPS) is 13.4. The van der Waals surface area contributed by atoms with Gasteiger partial charge in [-0.3, -0.25) is 13.8 Å². The molecule has 0 radical (unpaired) electrons. The molecule has 34 heavy (non-hydrogen) atoms. The van der Waals surface area contributed by atoms with Gasteiger partial charge in [-0.2, -0.15) is 0 Å². The highest BCUT2D eigenvalue weighted by atomic mass is 32.2. The van der Waals surface area contributed by atoms with Gasteiger partial charge < -0.3 is 16.0 Å². The Kier molecular flexibility index (Phi) is 11.0. The minimum absolute atomic E-state index is 0.170. The van der Waals surface area contributed by atoms with Crippen molar-refractivity contribution in [1.29, 1.82) is 0 Å². The fourth-order valence-corrected chi connectivity index (χ4v) is 3.34. The van der Waals surface area contributed by atoms with Crippen LogP contribution in [0.3, 0.4) is 0 Å². The number of anilines is 2. The van der Waals surface area contributed by atoms with Crippen molar-refractivity contribution in [2.45, 2.75) is 39.2 Å². The lowest BCUT2D eigenvalue weighted by Crippen LogP contribution is -2.33. The molecule has 3 N–H and O–H groups in total. The maximum atomic E-state index is 13.9. The number of hydrogen-bond donors (Lipinski definition) is 3. The summed E-state index contributed by atoms with van der Waals surface area (Å²) in [6, 6.07) is 3.19. The summed E-state index contributed by atoms with van der Waals surface area (Å²) >= 11 is 1.23. The highest BCUT2D eigenvalue weighted by molar-refractivity contribution is 7.83. The number of nitrogens with zero attached hydrogens (tertiary/aromatic N) is 2. The highest BCUT2D eigenvalue weighted by Crippen LogP contribution is 2.28. The first kappa shape index (κ1) is 27.3. The van der Waals surface area contributed by atoms with Crippen LogP contribution in [0.15, 0.2) is 41.3 Å². The van der Waals surface area contributed by atoms with Crippen LogP contribution in [0.2, 0.25) is 0 Å². The smallest absolute Gasteiger partial charge is 0.251 e. The van der Waals surface area contributed by atoms with Gasteiger partial charge in [-0.25, -0.2) is 14.4 Å². The van der Waals surface area contributed by atoms with E-state index in [1.54, 1.807) is 42.2 Å². The third-order valence-corrected chi connectivity index (χ3v) is 4.98. The number of allylic oxidation sites excluding steroid dienone is 2. The van der Waals surface area contributed by atoms with Crippen LogP contribution in [0.1, 0.15) is 33.1 Å². The quantitative estimate of drug-likeness (QED) is 0.351. The maximum absolute atomic E-state index is 13.9. The van der Waals surface area contributed by atoms with Crippen LogP contribution >= 0.6 is 11.3 Å². The number of aromatic nitrogens is 2. The van der Waals surface area contributed by atoms with E-state index in [0.717, 1.165) is 19.3 Å². The number of carbonyl (C=O) groups is 2. The van der Waals surface area contributed by atoms with Crippen molar-refractivity contribution in [3.05, 3.63) is 47.1 Å². The monoisotopic (exact) mass is 507 g/mol. The molecular formula is C23H30FN5O3S2. The van der Waals surface area contributed by atoms with Crippen LogP contribution in [0.4, 0.5) is 15.3 Å². The zero-order chi connectivity index (χ0) is 25.1. The van der Waals surface area contributed by atoms with Gasteiger partial charge in [0.05, 0.1) is 12.2 Å². The summed E-state index contributed by atoms with van der Waals surface area (Å²) < 4.78 is 23.5. The molecular weight excluding hydrogens is 477 g/mol. The molecule has 0 bridgehead atoms. The Balaban J connectivity index is 0.000000945. The standard InChI is InChI=1S/C21H24FN5O2S.C2H6OS/c1-3-5-13(6-4-2)20(29)23-11-18(28)27-21-26-17(12-30-21)16-10-9-15(22)19(25-16)24-14-7-8-14;1-4(2)3/h3,5-6,9-10,12,14H,4,7-8,11H2,1-2H3,(H,23,29)(H,24,25)(H,26,27,28);1-2H3/b5-3-,13-6+;. The summed E-state index contributed by atoms with van der Waals surface area (Å²) in [7, 11) is -0.611. The van der Waals surface area contributed by atoms with E-state index in [-0.39, 0.29) is 30.2 Å². The molecule has 3 rings (SSSR count). The average molecular weight is 508 g/mol. The largest absolute Gasteiger partial charge is 0.365 e. The van der Waals surface area contributed by atoms with E-state index in [1.807, 2.05) is 13.8 Å². The number of rotatable bonds is 9. The van der Waals surface area contributed by atoms with E-state index < -0.39 is 16.6 Å². The van der Waals surface area contributed by atoms with Crippen molar-refractivity contribution in [1.82, 2.24) is 15.3 Å². The molecule has 184 valence electrons. The number of nitrogens with one attached hydrogen (secondary N) is 3. The van der Waals surface area contributed by atoms with Gasteiger partial charge in [0.1, 0.15) is 5.69 Å². The van der Waals surface area contributed by atoms with Crippen LogP contribution in [-0.2, 0) is 20.4 Å². The predicted octanol–water partition coefficient (Wildman–Crippen LogP) is 3.88. The highest BCUT2D eigenvalue weighted by Gasteiger charge is 2.23. The van der Waals surface area contributed by atoms with E-state index in [0.29, 0.717) is 22.1 Å². The van der Waals surface area contributed by atoms with Gasteiger partial charge in [0, 0.05) is 40.3 Å². The van der Waals surface area contributed by atoms with Crippen molar-refractivity contribution in [3.63, 3.8) is 0 Å². The summed E-state index contributed by atoms with van der Waals surface area (Å²) in [5.41, 5.74) is 1.58. The Bertz CT molecular complexity index is 1080. The molecule has 8 nitrogen and oxygen atoms in total. The van der Waals surface area contributed by atoms with Crippen molar-refractivity contribution in [2.75, 3.05) is 29.7 Å². The Morgan fingerprint density at radius 2 is 1.94 bits per heavy atom. The van der Waals surface area contributed by atoms with Crippen molar-refractivity contribution < 1.29 is 18.2 Å². The van der Waals surface area contributed by atoms with Crippen LogP contribution in [-0.4, -0.2) is 51.1 Å². The molecule has 1 aliphatic rings. The van der Waals surface area contributed by atoms with Crippen LogP contribution in [0, 0.1) is 5.82 Å².